The molecule has 0 aliphatic rings. The summed E-state index contributed by atoms with van der Waals surface area (Å²) in [6.07, 6.45) is 1.49. The van der Waals surface area contributed by atoms with E-state index in [9.17, 15) is 9.90 Å². The maximum absolute atomic E-state index is 12.8. The molecule has 0 spiro atoms. The van der Waals surface area contributed by atoms with E-state index in [2.05, 4.69) is 10.5 Å². The number of ether oxygens (including phenoxy) is 1. The van der Waals surface area contributed by atoms with Gasteiger partial charge in [-0.05, 0) is 55.0 Å². The van der Waals surface area contributed by atoms with Gasteiger partial charge in [-0.15, -0.1) is 0 Å². The number of aromatic hydroxyl groups is 1. The smallest absolute Gasteiger partial charge is 0.346 e. The molecule has 3 rings (SSSR count). The van der Waals surface area contributed by atoms with E-state index >= 15 is 0 Å². The number of para-hydroxylation sites is 2. The molecule has 3 aromatic carbocycles. The maximum Gasteiger partial charge on any atom is 0.346 e. The lowest BCUT2D eigenvalue weighted by Gasteiger charge is -2.22. The molecule has 2 amide bonds. The van der Waals surface area contributed by atoms with Crippen molar-refractivity contribution in [3.8, 4) is 11.5 Å². The summed E-state index contributed by atoms with van der Waals surface area (Å²) in [5.41, 5.74) is 4.69. The second-order valence-electron chi connectivity index (χ2n) is 5.84. The highest BCUT2D eigenvalue weighted by Gasteiger charge is 2.17. The predicted molar refractivity (Wildman–Crippen MR) is 110 cm³/mol. The molecule has 0 aliphatic carbocycles. The standard InChI is InChI=1S/C22H21N3O3/c1-2-28-21-15-17(13-14-20(21)26)16-23-24-22(27)25(18-9-5-3-6-10-18)19-11-7-4-8-12-19/h3-16,26H,2H2,1H3,(H,24,27)/b23-16-. The second kappa shape index (κ2) is 9.23. The summed E-state index contributed by atoms with van der Waals surface area (Å²) in [6.45, 7) is 2.27. The third kappa shape index (κ3) is 4.67. The zero-order chi connectivity index (χ0) is 19.8. The highest BCUT2D eigenvalue weighted by Crippen LogP contribution is 2.26. The van der Waals surface area contributed by atoms with Crippen LogP contribution in [-0.2, 0) is 0 Å². The van der Waals surface area contributed by atoms with Crippen LogP contribution < -0.4 is 15.1 Å². The van der Waals surface area contributed by atoms with Crippen molar-refractivity contribution in [3.05, 3.63) is 84.4 Å². The van der Waals surface area contributed by atoms with Gasteiger partial charge in [0.15, 0.2) is 11.5 Å². The van der Waals surface area contributed by atoms with Crippen molar-refractivity contribution in [1.82, 2.24) is 5.43 Å². The fraction of sp³-hybridized carbons (Fsp3) is 0.0909. The van der Waals surface area contributed by atoms with E-state index in [1.807, 2.05) is 67.6 Å². The van der Waals surface area contributed by atoms with Gasteiger partial charge in [-0.1, -0.05) is 36.4 Å². The number of hydrogen-bond acceptors (Lipinski definition) is 4. The van der Waals surface area contributed by atoms with E-state index in [0.717, 1.165) is 11.4 Å². The van der Waals surface area contributed by atoms with E-state index in [4.69, 9.17) is 4.74 Å². The first-order chi connectivity index (χ1) is 13.7. The molecule has 0 heterocycles. The first kappa shape index (κ1) is 19.0. The number of phenols is 1. The van der Waals surface area contributed by atoms with Crippen LogP contribution in [0, 0.1) is 0 Å². The monoisotopic (exact) mass is 375 g/mol. The lowest BCUT2D eigenvalue weighted by atomic mass is 10.2. The number of benzene rings is 3. The Morgan fingerprint density at radius 3 is 2.21 bits per heavy atom. The van der Waals surface area contributed by atoms with Crippen LogP contribution in [0.15, 0.2) is 84.0 Å². The average Bonchev–Trinajstić information content (AvgIpc) is 2.72. The third-order valence-corrected chi connectivity index (χ3v) is 3.89. The van der Waals surface area contributed by atoms with Crippen molar-refractivity contribution in [2.24, 2.45) is 5.10 Å². The van der Waals surface area contributed by atoms with Crippen molar-refractivity contribution in [3.63, 3.8) is 0 Å². The molecule has 0 atom stereocenters. The number of carbonyl (C=O) groups excluding carboxylic acids is 1. The van der Waals surface area contributed by atoms with E-state index < -0.39 is 6.03 Å². The number of urea groups is 1. The van der Waals surface area contributed by atoms with Gasteiger partial charge in [0.25, 0.3) is 0 Å². The van der Waals surface area contributed by atoms with E-state index in [0.29, 0.717) is 17.9 Å². The zero-order valence-electron chi connectivity index (χ0n) is 15.4. The summed E-state index contributed by atoms with van der Waals surface area (Å²) in [5, 5.41) is 13.8. The molecule has 0 bridgehead atoms. The highest BCUT2D eigenvalue weighted by molar-refractivity contribution is 5.99. The first-order valence-electron chi connectivity index (χ1n) is 8.88. The minimum Gasteiger partial charge on any atom is -0.504 e. The van der Waals surface area contributed by atoms with Crippen LogP contribution in [0.2, 0.25) is 0 Å². The molecule has 0 aromatic heterocycles. The Labute approximate surface area is 163 Å². The Morgan fingerprint density at radius 1 is 1.04 bits per heavy atom. The molecule has 6 nitrogen and oxygen atoms in total. The van der Waals surface area contributed by atoms with Gasteiger partial charge in [0, 0.05) is 0 Å². The topological polar surface area (TPSA) is 74.2 Å². The molecule has 2 N–H and O–H groups in total. The van der Waals surface area contributed by atoms with Crippen LogP contribution in [0.5, 0.6) is 11.5 Å². The van der Waals surface area contributed by atoms with Crippen LogP contribution in [-0.4, -0.2) is 24.0 Å². The van der Waals surface area contributed by atoms with Crippen LogP contribution in [0.3, 0.4) is 0 Å². The minimum absolute atomic E-state index is 0.0577. The largest absolute Gasteiger partial charge is 0.504 e. The number of carbonyl (C=O) groups is 1. The second-order valence-corrected chi connectivity index (χ2v) is 5.84. The normalized spacial score (nSPS) is 10.6. The van der Waals surface area contributed by atoms with Crippen molar-refractivity contribution in [1.29, 1.82) is 0 Å². The maximum atomic E-state index is 12.8. The molecule has 0 saturated carbocycles. The molecular weight excluding hydrogens is 354 g/mol. The fourth-order valence-corrected chi connectivity index (χ4v) is 2.63. The fourth-order valence-electron chi connectivity index (χ4n) is 2.63. The van der Waals surface area contributed by atoms with Crippen LogP contribution in [0.25, 0.3) is 0 Å². The van der Waals surface area contributed by atoms with Crippen molar-refractivity contribution in [2.75, 3.05) is 11.5 Å². The third-order valence-electron chi connectivity index (χ3n) is 3.89. The SMILES string of the molecule is CCOc1cc(/C=N\NC(=O)N(c2ccccc2)c2ccccc2)ccc1O. The highest BCUT2D eigenvalue weighted by atomic mass is 16.5. The summed E-state index contributed by atoms with van der Waals surface area (Å²) in [5.74, 6) is 0.426. The molecular formula is C22H21N3O3. The van der Waals surface area contributed by atoms with Gasteiger partial charge in [0.05, 0.1) is 24.2 Å². The van der Waals surface area contributed by atoms with Gasteiger partial charge in [0.2, 0.25) is 0 Å². The van der Waals surface area contributed by atoms with Crippen LogP contribution in [0.1, 0.15) is 12.5 Å². The number of nitrogens with zero attached hydrogens (tertiary/aromatic N) is 2. The number of anilines is 2. The molecule has 0 radical (unpaired) electrons. The molecule has 3 aromatic rings. The first-order valence-corrected chi connectivity index (χ1v) is 8.88. The van der Waals surface area contributed by atoms with Gasteiger partial charge < -0.3 is 9.84 Å². The van der Waals surface area contributed by atoms with Crippen molar-refractivity contribution < 1.29 is 14.6 Å². The van der Waals surface area contributed by atoms with Gasteiger partial charge in [0.1, 0.15) is 0 Å². The van der Waals surface area contributed by atoms with Gasteiger partial charge in [-0.3, -0.25) is 4.90 Å². The summed E-state index contributed by atoms with van der Waals surface area (Å²) in [7, 11) is 0. The summed E-state index contributed by atoms with van der Waals surface area (Å²) in [6, 6.07) is 23.1. The number of amides is 2. The van der Waals surface area contributed by atoms with E-state index in [-0.39, 0.29) is 5.75 Å². The van der Waals surface area contributed by atoms with Gasteiger partial charge >= 0.3 is 6.03 Å². The summed E-state index contributed by atoms with van der Waals surface area (Å²) >= 11 is 0. The Morgan fingerprint density at radius 2 is 1.64 bits per heavy atom. The molecule has 0 unspecified atom stereocenters. The quantitative estimate of drug-likeness (QED) is 0.485. The van der Waals surface area contributed by atoms with Crippen LogP contribution >= 0.6 is 0 Å². The summed E-state index contributed by atoms with van der Waals surface area (Å²) < 4.78 is 5.35. The summed E-state index contributed by atoms with van der Waals surface area (Å²) in [4.78, 5) is 14.3. The number of phenolic OH excluding ortho intramolecular Hbond substituents is 1. The van der Waals surface area contributed by atoms with E-state index in [1.54, 1.807) is 17.0 Å². The van der Waals surface area contributed by atoms with E-state index in [1.165, 1.54) is 12.3 Å². The van der Waals surface area contributed by atoms with Gasteiger partial charge in [-0.25, -0.2) is 10.2 Å². The number of nitrogens with one attached hydrogen (secondary N) is 1. The Kier molecular flexibility index (Phi) is 6.25. The molecule has 6 heteroatoms. The molecule has 0 saturated heterocycles. The number of rotatable bonds is 6. The van der Waals surface area contributed by atoms with Crippen LogP contribution in [0.4, 0.5) is 16.2 Å². The number of hydrogen-bond donors (Lipinski definition) is 2. The van der Waals surface area contributed by atoms with Crippen molar-refractivity contribution in [2.45, 2.75) is 6.92 Å². The Balaban J connectivity index is 1.78. The minimum atomic E-state index is -0.391. The Bertz CT molecular complexity index is 904. The average molecular weight is 375 g/mol. The van der Waals surface area contributed by atoms with Crippen molar-refractivity contribution >= 4 is 23.6 Å². The van der Waals surface area contributed by atoms with Gasteiger partial charge in [-0.2, -0.15) is 5.10 Å². The molecule has 28 heavy (non-hydrogen) atoms. The lowest BCUT2D eigenvalue weighted by molar-refractivity contribution is 0.249. The molecule has 0 fully saturated rings. The Hall–Kier alpha value is -3.80. The lowest BCUT2D eigenvalue weighted by Crippen LogP contribution is -2.34. The predicted octanol–water partition coefficient (Wildman–Crippen LogP) is 4.67. The molecule has 142 valence electrons. The number of hydrazone groups is 1. The zero-order valence-corrected chi connectivity index (χ0v) is 15.4. The molecule has 0 aliphatic heterocycles.